The summed E-state index contributed by atoms with van der Waals surface area (Å²) < 4.78 is 222. The predicted molar refractivity (Wildman–Crippen MR) is 179 cm³/mol. The van der Waals surface area contributed by atoms with E-state index in [1.165, 1.54) is 0 Å². The van der Waals surface area contributed by atoms with E-state index in [-0.39, 0.29) is 0 Å². The third-order valence-electron chi connectivity index (χ3n) is 6.74. The molecule has 0 atom stereocenters. The van der Waals surface area contributed by atoms with Gasteiger partial charge < -0.3 is 4.57 Å². The molecule has 0 aliphatic carbocycles. The number of pyridine rings is 1. The first kappa shape index (κ1) is 10.3. The summed E-state index contributed by atoms with van der Waals surface area (Å²) in [6.45, 7) is 0. The van der Waals surface area contributed by atoms with Crippen LogP contribution in [0.4, 0.5) is 0 Å². The molecule has 0 saturated carbocycles. The van der Waals surface area contributed by atoms with Gasteiger partial charge in [-0.15, -0.1) is 0 Å². The molecular weight excluding hydrogens is 538 g/mol. The zero-order valence-electron chi connectivity index (χ0n) is 46.7. The van der Waals surface area contributed by atoms with Crippen LogP contribution in [0.2, 0.25) is 0 Å². The number of hydrogen-bond acceptors (Lipinski definition) is 3. The van der Waals surface area contributed by atoms with Crippen molar-refractivity contribution in [2.45, 2.75) is 0 Å². The Balaban J connectivity index is 1.61. The lowest BCUT2D eigenvalue weighted by molar-refractivity contribution is 0.994. The minimum Gasteiger partial charge on any atom is -0.307 e. The maximum Gasteiger partial charge on any atom is 0.235 e. The van der Waals surface area contributed by atoms with Crippen LogP contribution in [0.5, 0.6) is 0 Å². The van der Waals surface area contributed by atoms with Crippen LogP contribution in [0.1, 0.15) is 34.3 Å². The molecule has 0 radical (unpaired) electrons. The number of hydrogen-bond donors (Lipinski definition) is 0. The fourth-order valence-corrected chi connectivity index (χ4v) is 4.96. The van der Waals surface area contributed by atoms with Crippen LogP contribution in [-0.4, -0.2) is 24.1 Å². The second-order valence-corrected chi connectivity index (χ2v) is 9.08. The molecule has 5 heteroatoms. The molecule has 0 aliphatic heterocycles. The molecule has 4 aromatic heterocycles. The molecule has 0 N–H and O–H groups in total. The van der Waals surface area contributed by atoms with Crippen molar-refractivity contribution >= 4 is 43.7 Å². The highest BCUT2D eigenvalue weighted by molar-refractivity contribution is 6.09. The topological polar surface area (TPSA) is 48.5 Å². The molecule has 0 fully saturated rings. The van der Waals surface area contributed by atoms with Gasteiger partial charge in [-0.1, -0.05) is 103 Å². The summed E-state index contributed by atoms with van der Waals surface area (Å²) in [4.78, 5) is 13.0. The Morgan fingerprint density at radius 2 is 1.05 bits per heavy atom. The number of benzene rings is 5. The van der Waals surface area contributed by atoms with E-state index in [2.05, 4.69) is 15.0 Å². The molecule has 0 spiro atoms. The minimum atomic E-state index is -1.05. The number of aromatic nitrogens is 5. The van der Waals surface area contributed by atoms with Crippen LogP contribution in [0.25, 0.3) is 77.9 Å². The van der Waals surface area contributed by atoms with Crippen molar-refractivity contribution < 1.29 is 34.3 Å². The van der Waals surface area contributed by atoms with Crippen molar-refractivity contribution in [2.75, 3.05) is 0 Å². The molecule has 206 valence electrons. The van der Waals surface area contributed by atoms with Gasteiger partial charge in [-0.25, -0.2) is 9.97 Å². The Labute approximate surface area is 288 Å². The van der Waals surface area contributed by atoms with E-state index in [0.29, 0.717) is 0 Å². The summed E-state index contributed by atoms with van der Waals surface area (Å²) in [5.41, 5.74) is -7.15. The normalized spacial score (nSPS) is 19.6. The average molecular weight is 589 g/mol. The molecule has 4 heterocycles. The lowest BCUT2D eigenvalue weighted by atomic mass is 10.1. The highest BCUT2D eigenvalue weighted by atomic mass is 15.2. The van der Waals surface area contributed by atoms with E-state index in [1.807, 2.05) is 0 Å². The fourth-order valence-electron chi connectivity index (χ4n) is 4.96. The van der Waals surface area contributed by atoms with Crippen LogP contribution in [-0.2, 0) is 0 Å². The molecule has 9 rings (SSSR count). The Kier molecular flexibility index (Phi) is 2.28. The monoisotopic (exact) mass is 588 g/mol. The Bertz CT molecular complexity index is 3810. The van der Waals surface area contributed by atoms with Gasteiger partial charge >= 0.3 is 0 Å². The summed E-state index contributed by atoms with van der Waals surface area (Å²) >= 11 is 0. The van der Waals surface area contributed by atoms with Crippen LogP contribution in [0, 0.1) is 0 Å². The van der Waals surface area contributed by atoms with Gasteiger partial charge in [-0.3, -0.25) is 9.55 Å². The van der Waals surface area contributed by atoms with Gasteiger partial charge in [-0.2, -0.15) is 0 Å². The van der Waals surface area contributed by atoms with Gasteiger partial charge in [0.1, 0.15) is 0 Å². The molecule has 5 aromatic carbocycles. The van der Waals surface area contributed by atoms with Crippen molar-refractivity contribution in [1.82, 2.24) is 24.1 Å². The summed E-state index contributed by atoms with van der Waals surface area (Å²) in [5, 5.41) is -1.42. The summed E-state index contributed by atoms with van der Waals surface area (Å²) in [5.74, 6) is -0.907. The van der Waals surface area contributed by atoms with Crippen LogP contribution in [0.15, 0.2) is 151 Å². The molecule has 0 aliphatic rings. The van der Waals surface area contributed by atoms with E-state index in [4.69, 9.17) is 30.2 Å². The standard InChI is InChI=1S/C39H25N5/c1-2-13-26(14-3-1)31-25-32(42-39(41-31)44-33-19-8-4-15-27(33)28-16-5-9-20-34(28)44)29-17-6-10-21-35(29)43-36-22-11-7-18-30(36)38-37(43)23-12-24-40-38/h1-25H/i1D,2D,3D,4D,5D,6D,7D,8D,9D,10D,11D,12D,13D,14D,15D,16D,17D,18D,19D,20D,21D,22D,23D,24D,25D. The number of nitrogens with zero attached hydrogens (tertiary/aromatic N) is 5. The largest absolute Gasteiger partial charge is 0.307 e. The maximum absolute atomic E-state index is 9.72. The second kappa shape index (κ2) is 9.75. The van der Waals surface area contributed by atoms with Crippen molar-refractivity contribution in [1.29, 1.82) is 0 Å². The second-order valence-electron chi connectivity index (χ2n) is 9.08. The molecule has 0 amide bonds. The van der Waals surface area contributed by atoms with Gasteiger partial charge in [0.05, 0.1) is 78.9 Å². The highest BCUT2D eigenvalue weighted by Crippen LogP contribution is 2.37. The van der Waals surface area contributed by atoms with E-state index in [0.717, 1.165) is 9.13 Å². The number of fused-ring (bicyclic) bond motifs is 6. The summed E-state index contributed by atoms with van der Waals surface area (Å²) in [7, 11) is 0. The van der Waals surface area contributed by atoms with Gasteiger partial charge in [0.2, 0.25) is 5.95 Å². The number of rotatable bonds is 4. The fraction of sp³-hybridized carbons (Fsp3) is 0. The first-order valence-electron chi connectivity index (χ1n) is 25.2. The minimum absolute atomic E-state index is 0.459. The Morgan fingerprint density at radius 1 is 0.477 bits per heavy atom. The van der Waals surface area contributed by atoms with E-state index >= 15 is 0 Å². The molecule has 0 unspecified atom stereocenters. The zero-order chi connectivity index (χ0) is 50.8. The average Bonchev–Trinajstić information content (AvgIpc) is 3.86. The zero-order valence-corrected chi connectivity index (χ0v) is 21.7. The molecular formula is C39H25N5. The van der Waals surface area contributed by atoms with Gasteiger partial charge in [-0.05, 0) is 42.3 Å². The Morgan fingerprint density at radius 3 is 1.80 bits per heavy atom. The third kappa shape index (κ3) is 3.69. The van der Waals surface area contributed by atoms with Gasteiger partial charge in [0.15, 0.2) is 0 Å². The van der Waals surface area contributed by atoms with E-state index < -0.39 is 229 Å². The third-order valence-corrected chi connectivity index (χ3v) is 6.74. The molecule has 5 nitrogen and oxygen atoms in total. The van der Waals surface area contributed by atoms with Crippen LogP contribution >= 0.6 is 0 Å². The van der Waals surface area contributed by atoms with Crippen molar-refractivity contribution in [2.24, 2.45) is 0 Å². The van der Waals surface area contributed by atoms with Crippen molar-refractivity contribution in [3.63, 3.8) is 0 Å². The predicted octanol–water partition coefficient (Wildman–Crippen LogP) is 9.40. The van der Waals surface area contributed by atoms with Gasteiger partial charge in [0, 0.05) is 33.5 Å². The molecule has 0 bridgehead atoms. The lowest BCUT2D eigenvalue weighted by Crippen LogP contribution is -2.05. The van der Waals surface area contributed by atoms with E-state index in [9.17, 15) is 4.11 Å². The van der Waals surface area contributed by atoms with E-state index in [1.54, 1.807) is 0 Å². The summed E-state index contributed by atoms with van der Waals surface area (Å²) in [6.07, 6.45) is -0.812. The smallest absolute Gasteiger partial charge is 0.235 e. The van der Waals surface area contributed by atoms with Gasteiger partial charge in [0.25, 0.3) is 0 Å². The van der Waals surface area contributed by atoms with Crippen molar-refractivity contribution in [3.05, 3.63) is 151 Å². The quantitative estimate of drug-likeness (QED) is 0.206. The highest BCUT2D eigenvalue weighted by Gasteiger charge is 2.20. The number of para-hydroxylation sites is 4. The van der Waals surface area contributed by atoms with Crippen LogP contribution in [0.3, 0.4) is 0 Å². The summed E-state index contributed by atoms with van der Waals surface area (Å²) in [6, 6.07) is -21.6. The maximum atomic E-state index is 9.72. The Hall–Kier alpha value is -6.07. The first-order chi connectivity index (χ1) is 32.2. The lowest BCUT2D eigenvalue weighted by Gasteiger charge is -2.16. The molecule has 9 aromatic rings. The first-order valence-corrected chi connectivity index (χ1v) is 12.7. The van der Waals surface area contributed by atoms with Crippen LogP contribution < -0.4 is 0 Å². The molecule has 0 saturated heterocycles. The molecule has 44 heavy (non-hydrogen) atoms. The SMILES string of the molecule is [2H]c1nc2c3c([2H])c([2H])c([2H])c([2H])c3n(-c3c([2H])c([2H])c([2H])c([2H])c3-c3nc(-n4c5c([2H])c([2H])c([2H])c([2H])c5c5c([2H])c([2H])c([2H])c([2H])c54)nc(-c4c([2H])c([2H])c([2H])c([2H])c4[2H])c3[2H])c2c([2H])c1[2H]. The van der Waals surface area contributed by atoms with Crippen molar-refractivity contribution in [3.8, 4) is 34.2 Å².